The summed E-state index contributed by atoms with van der Waals surface area (Å²) in [5, 5.41) is 3.95. The highest BCUT2D eigenvalue weighted by Gasteiger charge is 2.15. The fraction of sp³-hybridized carbons (Fsp3) is 0.200. The van der Waals surface area contributed by atoms with Gasteiger partial charge in [0.15, 0.2) is 10.9 Å². The van der Waals surface area contributed by atoms with Gasteiger partial charge in [0.05, 0.1) is 28.1 Å². The van der Waals surface area contributed by atoms with Gasteiger partial charge in [-0.3, -0.25) is 4.79 Å². The number of carbonyl (C=O) groups is 1. The molecule has 0 bridgehead atoms. The van der Waals surface area contributed by atoms with E-state index in [9.17, 15) is 4.79 Å². The van der Waals surface area contributed by atoms with Crippen LogP contribution in [-0.2, 0) is 16.1 Å². The fourth-order valence-corrected chi connectivity index (χ4v) is 4.44. The Morgan fingerprint density at radius 3 is 2.83 bits per heavy atom. The zero-order valence-electron chi connectivity index (χ0n) is 15.5. The number of para-hydroxylation sites is 2. The van der Waals surface area contributed by atoms with Crippen molar-refractivity contribution in [3.8, 4) is 17.1 Å². The third-order valence-electron chi connectivity index (χ3n) is 3.84. The van der Waals surface area contributed by atoms with E-state index in [4.69, 9.17) is 14.0 Å². The monoisotopic (exact) mass is 427 g/mol. The predicted molar refractivity (Wildman–Crippen MR) is 111 cm³/mol. The first kappa shape index (κ1) is 19.4. The number of esters is 1. The van der Waals surface area contributed by atoms with Gasteiger partial charge in [0, 0.05) is 0 Å². The van der Waals surface area contributed by atoms with Crippen molar-refractivity contribution in [3.63, 3.8) is 0 Å². The lowest BCUT2D eigenvalue weighted by molar-refractivity contribution is -0.142. The number of fused-ring (bicyclic) bond motifs is 1. The Balaban J connectivity index is 1.32. The number of carbonyl (C=O) groups excluding carboxylic acids is 1. The largest absolute Gasteiger partial charge is 0.493 e. The van der Waals surface area contributed by atoms with Crippen molar-refractivity contribution in [2.45, 2.75) is 17.9 Å². The van der Waals surface area contributed by atoms with Gasteiger partial charge in [-0.2, -0.15) is 4.98 Å². The molecule has 0 aliphatic heterocycles. The summed E-state index contributed by atoms with van der Waals surface area (Å²) in [6.07, 6.45) is 0. The van der Waals surface area contributed by atoms with E-state index in [1.54, 1.807) is 11.3 Å². The van der Waals surface area contributed by atoms with E-state index in [0.29, 0.717) is 18.2 Å². The molecule has 0 spiro atoms. The van der Waals surface area contributed by atoms with Gasteiger partial charge >= 0.3 is 5.97 Å². The lowest BCUT2D eigenvalue weighted by Gasteiger charge is -2.06. The van der Waals surface area contributed by atoms with Crippen molar-refractivity contribution in [2.24, 2.45) is 0 Å². The summed E-state index contributed by atoms with van der Waals surface area (Å²) < 4.78 is 17.9. The first-order chi connectivity index (χ1) is 14.2. The Morgan fingerprint density at radius 1 is 1.14 bits per heavy atom. The van der Waals surface area contributed by atoms with Gasteiger partial charge in [-0.15, -0.1) is 11.3 Å². The molecule has 0 N–H and O–H groups in total. The van der Waals surface area contributed by atoms with Crippen molar-refractivity contribution >= 4 is 39.3 Å². The molecule has 0 aliphatic rings. The maximum atomic E-state index is 12.0. The smallest absolute Gasteiger partial charge is 0.316 e. The number of thiazole rings is 1. The van der Waals surface area contributed by atoms with Gasteiger partial charge in [0.25, 0.3) is 5.89 Å². The summed E-state index contributed by atoms with van der Waals surface area (Å²) >= 11 is 2.90. The average molecular weight is 428 g/mol. The quantitative estimate of drug-likeness (QED) is 0.298. The normalized spacial score (nSPS) is 10.9. The lowest BCUT2D eigenvalue weighted by atomic mass is 10.2. The number of thioether (sulfide) groups is 1. The molecule has 2 aromatic heterocycles. The third-order valence-corrected chi connectivity index (χ3v) is 5.99. The molecule has 0 saturated carbocycles. The van der Waals surface area contributed by atoms with Crippen LogP contribution in [0.3, 0.4) is 0 Å². The van der Waals surface area contributed by atoms with Gasteiger partial charge in [-0.1, -0.05) is 41.2 Å². The molecule has 0 amide bonds. The van der Waals surface area contributed by atoms with Crippen LogP contribution in [0.5, 0.6) is 5.75 Å². The molecule has 4 rings (SSSR count). The summed E-state index contributed by atoms with van der Waals surface area (Å²) in [4.78, 5) is 20.8. The zero-order valence-corrected chi connectivity index (χ0v) is 17.2. The number of rotatable bonds is 8. The number of aromatic nitrogens is 3. The first-order valence-corrected chi connectivity index (χ1v) is 10.7. The molecule has 0 atom stereocenters. The van der Waals surface area contributed by atoms with E-state index < -0.39 is 0 Å². The van der Waals surface area contributed by atoms with Crippen LogP contribution in [0.4, 0.5) is 0 Å². The molecule has 2 heterocycles. The van der Waals surface area contributed by atoms with Gasteiger partial charge in [0.1, 0.15) is 5.75 Å². The molecule has 9 heteroatoms. The van der Waals surface area contributed by atoms with Crippen LogP contribution in [-0.4, -0.2) is 33.5 Å². The summed E-state index contributed by atoms with van der Waals surface area (Å²) in [5.41, 5.74) is 1.65. The van der Waals surface area contributed by atoms with E-state index in [2.05, 4.69) is 15.1 Å². The highest BCUT2D eigenvalue weighted by atomic mass is 32.2. The topological polar surface area (TPSA) is 87.3 Å². The standard InChI is InChI=1S/C20H17N3O4S2/c1-2-25-15-9-5-3-7-13(15)19-22-17(27-23-19)11-26-18(24)12-28-20-21-14-8-4-6-10-16(14)29-20/h3-10H,2,11-12H2,1H3. The maximum absolute atomic E-state index is 12.0. The van der Waals surface area contributed by atoms with Gasteiger partial charge in [0.2, 0.25) is 5.82 Å². The Hall–Kier alpha value is -2.91. The molecule has 0 saturated heterocycles. The third kappa shape index (κ3) is 4.75. The minimum atomic E-state index is -0.372. The molecule has 0 aliphatic carbocycles. The van der Waals surface area contributed by atoms with Crippen molar-refractivity contribution in [1.29, 1.82) is 0 Å². The minimum absolute atomic E-state index is 0.0803. The second kappa shape index (κ2) is 9.06. The predicted octanol–water partition coefficient (Wildman–Crippen LogP) is 4.58. The second-order valence-corrected chi connectivity index (χ2v) is 8.09. The molecule has 4 aromatic rings. The van der Waals surface area contributed by atoms with Gasteiger partial charge in [-0.05, 0) is 31.2 Å². The van der Waals surface area contributed by atoms with Gasteiger partial charge in [-0.25, -0.2) is 4.98 Å². The number of ether oxygens (including phenoxy) is 2. The fourth-order valence-electron chi connectivity index (χ4n) is 2.57. The molecule has 0 radical (unpaired) electrons. The van der Waals surface area contributed by atoms with Gasteiger partial charge < -0.3 is 14.0 Å². The van der Waals surface area contributed by atoms with Crippen LogP contribution in [0, 0.1) is 0 Å². The Labute approximate surface area is 175 Å². The van der Waals surface area contributed by atoms with Crippen molar-refractivity contribution < 1.29 is 18.8 Å². The van der Waals surface area contributed by atoms with Crippen molar-refractivity contribution in [1.82, 2.24) is 15.1 Å². The Kier molecular flexibility index (Phi) is 6.06. The summed E-state index contributed by atoms with van der Waals surface area (Å²) in [6.45, 7) is 2.36. The average Bonchev–Trinajstić information content (AvgIpc) is 3.38. The number of nitrogens with zero attached hydrogens (tertiary/aromatic N) is 3. The molecule has 148 valence electrons. The number of hydrogen-bond donors (Lipinski definition) is 0. The zero-order chi connectivity index (χ0) is 20.1. The van der Waals surface area contributed by atoms with E-state index in [1.807, 2.05) is 55.5 Å². The molecular weight excluding hydrogens is 410 g/mol. The van der Waals surface area contributed by atoms with Crippen LogP contribution in [0.25, 0.3) is 21.6 Å². The van der Waals surface area contributed by atoms with Crippen molar-refractivity contribution in [2.75, 3.05) is 12.4 Å². The first-order valence-electron chi connectivity index (χ1n) is 8.91. The van der Waals surface area contributed by atoms with Crippen LogP contribution in [0.15, 0.2) is 57.4 Å². The maximum Gasteiger partial charge on any atom is 0.316 e. The SMILES string of the molecule is CCOc1ccccc1-c1noc(COC(=O)CSc2nc3ccccc3s2)n1. The molecule has 0 fully saturated rings. The van der Waals surface area contributed by atoms with Crippen LogP contribution in [0.2, 0.25) is 0 Å². The second-order valence-electron chi connectivity index (χ2n) is 5.84. The van der Waals surface area contributed by atoms with E-state index in [-0.39, 0.29) is 24.2 Å². The Bertz CT molecular complexity index is 1090. The summed E-state index contributed by atoms with van der Waals surface area (Å²) in [5.74, 6) is 1.08. The van der Waals surface area contributed by atoms with Crippen molar-refractivity contribution in [3.05, 3.63) is 54.4 Å². The Morgan fingerprint density at radius 2 is 1.97 bits per heavy atom. The van der Waals surface area contributed by atoms with Crippen LogP contribution >= 0.6 is 23.1 Å². The minimum Gasteiger partial charge on any atom is -0.493 e. The molecule has 29 heavy (non-hydrogen) atoms. The lowest BCUT2D eigenvalue weighted by Crippen LogP contribution is -2.07. The molecule has 0 unspecified atom stereocenters. The highest BCUT2D eigenvalue weighted by Crippen LogP contribution is 2.30. The summed E-state index contributed by atoms with van der Waals surface area (Å²) in [6, 6.07) is 15.3. The molecule has 2 aromatic carbocycles. The summed E-state index contributed by atoms with van der Waals surface area (Å²) in [7, 11) is 0. The van der Waals surface area contributed by atoms with Crippen LogP contribution < -0.4 is 4.74 Å². The molecule has 7 nitrogen and oxygen atoms in total. The highest BCUT2D eigenvalue weighted by molar-refractivity contribution is 8.01. The number of hydrogen-bond acceptors (Lipinski definition) is 9. The van der Waals surface area contributed by atoms with E-state index in [1.165, 1.54) is 11.8 Å². The number of benzene rings is 2. The van der Waals surface area contributed by atoms with E-state index in [0.717, 1.165) is 20.1 Å². The van der Waals surface area contributed by atoms with E-state index >= 15 is 0 Å². The van der Waals surface area contributed by atoms with Crippen LogP contribution in [0.1, 0.15) is 12.8 Å². The molecular formula is C20H17N3O4S2.